The van der Waals surface area contributed by atoms with Gasteiger partial charge in [-0.2, -0.15) is 4.99 Å². The summed E-state index contributed by atoms with van der Waals surface area (Å²) in [5.41, 5.74) is 2.87. The number of nitrogens with zero attached hydrogens (tertiary/aromatic N) is 2. The molecular weight excluding hydrogens is 342 g/mol. The predicted octanol–water partition coefficient (Wildman–Crippen LogP) is 3.89. The van der Waals surface area contributed by atoms with E-state index in [1.807, 2.05) is 50.2 Å². The van der Waals surface area contributed by atoms with Gasteiger partial charge >= 0.3 is 5.97 Å². The van der Waals surface area contributed by atoms with Crippen LogP contribution in [0.2, 0.25) is 0 Å². The van der Waals surface area contributed by atoms with Crippen LogP contribution in [0.4, 0.5) is 17.1 Å². The highest BCUT2D eigenvalue weighted by Crippen LogP contribution is 2.41. The van der Waals surface area contributed by atoms with Crippen molar-refractivity contribution in [2.24, 2.45) is 4.99 Å². The summed E-state index contributed by atoms with van der Waals surface area (Å²) >= 11 is 0. The summed E-state index contributed by atoms with van der Waals surface area (Å²) in [5.74, 6) is 0.383. The van der Waals surface area contributed by atoms with E-state index in [1.54, 1.807) is 19.1 Å². The van der Waals surface area contributed by atoms with Gasteiger partial charge < -0.3 is 10.1 Å². The average Bonchev–Trinajstić information content (AvgIpc) is 2.93. The standard InChI is InChI=1S/C21H23N3O3/c1-4-24(14-20(25)23-17-9-7-6-8-10-17)15(3)22-18-13-16(11-12-19(18)24)21(26)27-5-2/h6-13H,4-5,14H2,1-3H3/p+1. The van der Waals surface area contributed by atoms with Gasteiger partial charge in [0, 0.05) is 18.7 Å². The molecule has 6 heteroatoms. The summed E-state index contributed by atoms with van der Waals surface area (Å²) in [5, 5.41) is 2.94. The van der Waals surface area contributed by atoms with Crippen molar-refractivity contribution in [3.05, 3.63) is 54.1 Å². The van der Waals surface area contributed by atoms with Gasteiger partial charge in [-0.1, -0.05) is 18.2 Å². The summed E-state index contributed by atoms with van der Waals surface area (Å²) in [6, 6.07) is 14.7. The van der Waals surface area contributed by atoms with Crippen LogP contribution in [0.3, 0.4) is 0 Å². The molecule has 0 radical (unpaired) electrons. The van der Waals surface area contributed by atoms with Crippen molar-refractivity contribution in [3.63, 3.8) is 0 Å². The first-order chi connectivity index (χ1) is 13.0. The molecule has 1 unspecified atom stereocenters. The number of esters is 1. The summed E-state index contributed by atoms with van der Waals surface area (Å²) in [6.45, 7) is 6.98. The van der Waals surface area contributed by atoms with Crippen molar-refractivity contribution in [3.8, 4) is 0 Å². The van der Waals surface area contributed by atoms with E-state index >= 15 is 0 Å². The molecule has 1 atom stereocenters. The van der Waals surface area contributed by atoms with Crippen LogP contribution in [0.25, 0.3) is 0 Å². The molecule has 0 aromatic heterocycles. The van der Waals surface area contributed by atoms with E-state index in [0.29, 0.717) is 28.9 Å². The number of nitrogens with one attached hydrogen (secondary N) is 1. The number of ether oxygens (including phenoxy) is 1. The minimum Gasteiger partial charge on any atom is -0.462 e. The normalized spacial score (nSPS) is 17.8. The van der Waals surface area contributed by atoms with Crippen LogP contribution in [0, 0.1) is 0 Å². The van der Waals surface area contributed by atoms with Crippen molar-refractivity contribution in [1.82, 2.24) is 4.48 Å². The molecule has 27 heavy (non-hydrogen) atoms. The largest absolute Gasteiger partial charge is 0.462 e. The summed E-state index contributed by atoms with van der Waals surface area (Å²) in [7, 11) is 0. The van der Waals surface area contributed by atoms with Crippen LogP contribution in [-0.2, 0) is 9.53 Å². The van der Waals surface area contributed by atoms with Crippen LogP contribution in [0.15, 0.2) is 53.5 Å². The van der Waals surface area contributed by atoms with Crippen molar-refractivity contribution >= 4 is 34.8 Å². The number of anilines is 1. The van der Waals surface area contributed by atoms with E-state index in [9.17, 15) is 9.59 Å². The first-order valence-corrected chi connectivity index (χ1v) is 9.09. The number of rotatable bonds is 6. The maximum absolute atomic E-state index is 12.7. The van der Waals surface area contributed by atoms with Crippen LogP contribution >= 0.6 is 0 Å². The monoisotopic (exact) mass is 366 g/mol. The number of hydrogen-bond acceptors (Lipinski definition) is 4. The zero-order valence-corrected chi connectivity index (χ0v) is 15.9. The van der Waals surface area contributed by atoms with E-state index in [1.165, 1.54) is 0 Å². The van der Waals surface area contributed by atoms with Gasteiger partial charge in [0.25, 0.3) is 5.91 Å². The molecule has 1 aliphatic heterocycles. The first kappa shape index (κ1) is 18.8. The number of amides is 1. The Morgan fingerprint density at radius 1 is 1.11 bits per heavy atom. The number of para-hydroxylation sites is 1. The second kappa shape index (κ2) is 7.72. The molecule has 0 saturated heterocycles. The van der Waals surface area contributed by atoms with Crippen molar-refractivity contribution in [2.45, 2.75) is 20.8 Å². The molecule has 0 spiro atoms. The van der Waals surface area contributed by atoms with E-state index in [4.69, 9.17) is 4.74 Å². The smallest absolute Gasteiger partial charge is 0.338 e. The van der Waals surface area contributed by atoms with Gasteiger partial charge in [0.15, 0.2) is 12.2 Å². The number of carbonyl (C=O) groups excluding carboxylic acids is 2. The third-order valence-electron chi connectivity index (χ3n) is 4.86. The summed E-state index contributed by atoms with van der Waals surface area (Å²) in [4.78, 5) is 29.3. The van der Waals surface area contributed by atoms with E-state index in [-0.39, 0.29) is 18.4 Å². The Morgan fingerprint density at radius 2 is 1.85 bits per heavy atom. The fraction of sp³-hybridized carbons (Fsp3) is 0.286. The molecule has 3 rings (SSSR count). The zero-order chi connectivity index (χ0) is 19.4. The van der Waals surface area contributed by atoms with E-state index in [0.717, 1.165) is 17.2 Å². The second-order valence-electron chi connectivity index (χ2n) is 6.44. The molecule has 6 nitrogen and oxygen atoms in total. The Morgan fingerprint density at radius 3 is 2.52 bits per heavy atom. The number of benzene rings is 2. The number of likely N-dealkylation sites (N-methyl/N-ethyl adjacent to an activating group) is 1. The maximum atomic E-state index is 12.7. The SMILES string of the molecule is CCOC(=O)c1ccc2c(c1)N=C(C)[N+]2(CC)CC(=O)Nc1ccccc1. The third kappa shape index (κ3) is 3.61. The predicted molar refractivity (Wildman–Crippen MR) is 107 cm³/mol. The van der Waals surface area contributed by atoms with Crippen molar-refractivity contribution < 1.29 is 14.3 Å². The van der Waals surface area contributed by atoms with Crippen LogP contribution in [0.1, 0.15) is 31.1 Å². The van der Waals surface area contributed by atoms with Gasteiger partial charge in [-0.3, -0.25) is 4.79 Å². The molecule has 0 saturated carbocycles. The summed E-state index contributed by atoms with van der Waals surface area (Å²) < 4.78 is 5.41. The van der Waals surface area contributed by atoms with Gasteiger partial charge in [0.05, 0.1) is 18.7 Å². The second-order valence-corrected chi connectivity index (χ2v) is 6.44. The quantitative estimate of drug-likeness (QED) is 0.623. The molecule has 1 N–H and O–H groups in total. The van der Waals surface area contributed by atoms with Crippen LogP contribution in [-0.4, -0.2) is 37.4 Å². The number of fused-ring (bicyclic) bond motifs is 1. The molecule has 1 aliphatic rings. The highest BCUT2D eigenvalue weighted by molar-refractivity contribution is 6.07. The Hall–Kier alpha value is -2.99. The Bertz CT molecular complexity index is 893. The molecule has 1 heterocycles. The number of amidine groups is 1. The number of quaternary nitrogens is 1. The summed E-state index contributed by atoms with van der Waals surface area (Å²) in [6.07, 6.45) is 0. The lowest BCUT2D eigenvalue weighted by Gasteiger charge is -2.32. The number of hydrogen-bond donors (Lipinski definition) is 1. The Balaban J connectivity index is 1.87. The minimum atomic E-state index is -0.364. The molecule has 0 aliphatic carbocycles. The van der Waals surface area contributed by atoms with Gasteiger partial charge in [0.1, 0.15) is 5.69 Å². The van der Waals surface area contributed by atoms with E-state index < -0.39 is 0 Å². The zero-order valence-electron chi connectivity index (χ0n) is 15.9. The Kier molecular flexibility index (Phi) is 5.37. The fourth-order valence-corrected chi connectivity index (χ4v) is 3.44. The molecule has 1 amide bonds. The highest BCUT2D eigenvalue weighted by Gasteiger charge is 2.42. The molecule has 140 valence electrons. The molecular formula is C21H24N3O3+. The number of aliphatic imine (C=N–C) groups is 1. The van der Waals surface area contributed by atoms with Crippen LogP contribution in [0.5, 0.6) is 0 Å². The van der Waals surface area contributed by atoms with Crippen molar-refractivity contribution in [1.29, 1.82) is 0 Å². The lowest BCUT2D eigenvalue weighted by atomic mass is 10.1. The fourth-order valence-electron chi connectivity index (χ4n) is 3.44. The third-order valence-corrected chi connectivity index (χ3v) is 4.86. The molecule has 0 fully saturated rings. The van der Waals surface area contributed by atoms with Gasteiger partial charge in [-0.15, -0.1) is 0 Å². The Labute approximate surface area is 159 Å². The van der Waals surface area contributed by atoms with Gasteiger partial charge in [-0.25, -0.2) is 9.28 Å². The molecule has 0 bridgehead atoms. The van der Waals surface area contributed by atoms with Crippen LogP contribution < -0.4 is 9.80 Å². The lowest BCUT2D eigenvalue weighted by molar-refractivity contribution is -0.116. The topological polar surface area (TPSA) is 67.8 Å². The highest BCUT2D eigenvalue weighted by atomic mass is 16.5. The van der Waals surface area contributed by atoms with Gasteiger partial charge in [-0.05, 0) is 38.1 Å². The lowest BCUT2D eigenvalue weighted by Crippen LogP contribution is -2.55. The molecule has 2 aromatic rings. The number of carbonyl (C=O) groups is 2. The average molecular weight is 366 g/mol. The molecule has 2 aromatic carbocycles. The first-order valence-electron chi connectivity index (χ1n) is 9.09. The van der Waals surface area contributed by atoms with Crippen molar-refractivity contribution in [2.75, 3.05) is 25.0 Å². The van der Waals surface area contributed by atoms with E-state index in [2.05, 4.69) is 10.3 Å². The maximum Gasteiger partial charge on any atom is 0.338 e. The minimum absolute atomic E-state index is 0.0834. The van der Waals surface area contributed by atoms with Gasteiger partial charge in [0.2, 0.25) is 5.84 Å².